The van der Waals surface area contributed by atoms with E-state index in [1.165, 1.54) is 0 Å². The molecule has 22 heavy (non-hydrogen) atoms. The first-order valence-electron chi connectivity index (χ1n) is 8.93. The van der Waals surface area contributed by atoms with Crippen molar-refractivity contribution in [1.29, 1.82) is 0 Å². The molecule has 0 unspecified atom stereocenters. The summed E-state index contributed by atoms with van der Waals surface area (Å²) in [5.41, 5.74) is 6.83. The molecule has 0 atom stereocenters. The molecular formula is C21H32O. The van der Waals surface area contributed by atoms with Gasteiger partial charge in [0, 0.05) is 5.41 Å². The highest BCUT2D eigenvalue weighted by Gasteiger charge is 2.43. The Kier molecular flexibility index (Phi) is 4.87. The third-order valence-electron chi connectivity index (χ3n) is 5.48. The van der Waals surface area contributed by atoms with Crippen LogP contribution in [0.1, 0.15) is 73.6 Å². The summed E-state index contributed by atoms with van der Waals surface area (Å²) in [7, 11) is 0. The van der Waals surface area contributed by atoms with Crippen LogP contribution >= 0.6 is 0 Å². The number of aliphatic hydroxyl groups is 1. The molecule has 0 bridgehead atoms. The van der Waals surface area contributed by atoms with E-state index in [9.17, 15) is 5.11 Å². The highest BCUT2D eigenvalue weighted by atomic mass is 16.3. The van der Waals surface area contributed by atoms with Gasteiger partial charge in [0.1, 0.15) is 0 Å². The van der Waals surface area contributed by atoms with Gasteiger partial charge in [-0.2, -0.15) is 0 Å². The van der Waals surface area contributed by atoms with Crippen LogP contribution in [-0.2, 0) is 0 Å². The maximum Gasteiger partial charge on any atom is 0.0837 e. The number of rotatable bonds is 5. The molecule has 122 valence electrons. The van der Waals surface area contributed by atoms with E-state index in [1.807, 2.05) is 13.8 Å². The van der Waals surface area contributed by atoms with Crippen molar-refractivity contribution in [2.75, 3.05) is 0 Å². The molecule has 0 aromatic rings. The van der Waals surface area contributed by atoms with Gasteiger partial charge in [0.25, 0.3) is 0 Å². The molecular weight excluding hydrogens is 268 g/mol. The predicted molar refractivity (Wildman–Crippen MR) is 95.8 cm³/mol. The van der Waals surface area contributed by atoms with Crippen molar-refractivity contribution >= 4 is 0 Å². The Morgan fingerprint density at radius 1 is 0.955 bits per heavy atom. The molecule has 0 aromatic carbocycles. The molecule has 2 rings (SSSR count). The van der Waals surface area contributed by atoms with E-state index in [0.29, 0.717) is 0 Å². The van der Waals surface area contributed by atoms with Gasteiger partial charge in [0.05, 0.1) is 5.60 Å². The molecule has 0 fully saturated rings. The van der Waals surface area contributed by atoms with Crippen LogP contribution < -0.4 is 0 Å². The van der Waals surface area contributed by atoms with Crippen molar-refractivity contribution in [3.63, 3.8) is 0 Å². The maximum atomic E-state index is 10.3. The van der Waals surface area contributed by atoms with Crippen LogP contribution in [-0.4, -0.2) is 10.7 Å². The summed E-state index contributed by atoms with van der Waals surface area (Å²) >= 11 is 0. The predicted octanol–water partition coefficient (Wildman–Crippen LogP) is 5.88. The Morgan fingerprint density at radius 2 is 1.45 bits per heavy atom. The Hall–Kier alpha value is -1.08. The maximum absolute atomic E-state index is 10.3. The van der Waals surface area contributed by atoms with Crippen molar-refractivity contribution in [3.8, 4) is 0 Å². The zero-order valence-electron chi connectivity index (χ0n) is 15.2. The highest BCUT2D eigenvalue weighted by molar-refractivity contribution is 5.58. The molecule has 0 amide bonds. The lowest BCUT2D eigenvalue weighted by Gasteiger charge is -2.36. The van der Waals surface area contributed by atoms with Gasteiger partial charge < -0.3 is 5.11 Å². The molecule has 0 saturated heterocycles. The van der Waals surface area contributed by atoms with Crippen LogP contribution in [0.25, 0.3) is 0 Å². The second kappa shape index (κ2) is 6.20. The Bertz CT molecular complexity index is 533. The normalized spacial score (nSPS) is 21.1. The topological polar surface area (TPSA) is 20.2 Å². The van der Waals surface area contributed by atoms with E-state index in [1.54, 1.807) is 22.3 Å². The van der Waals surface area contributed by atoms with Crippen molar-refractivity contribution in [2.45, 2.75) is 79.2 Å². The molecule has 1 nitrogen and oxygen atoms in total. The van der Waals surface area contributed by atoms with Crippen molar-refractivity contribution in [1.82, 2.24) is 0 Å². The third kappa shape index (κ3) is 2.54. The summed E-state index contributed by atoms with van der Waals surface area (Å²) in [6.07, 6.45) is 12.3. The molecule has 0 heterocycles. The summed E-state index contributed by atoms with van der Waals surface area (Å²) in [5, 5.41) is 10.3. The Balaban J connectivity index is 2.55. The van der Waals surface area contributed by atoms with Crippen molar-refractivity contribution in [3.05, 3.63) is 46.1 Å². The summed E-state index contributed by atoms with van der Waals surface area (Å²) in [6, 6.07) is 0. The highest BCUT2D eigenvalue weighted by Crippen LogP contribution is 2.56. The third-order valence-corrected chi connectivity index (χ3v) is 5.48. The van der Waals surface area contributed by atoms with E-state index in [2.05, 4.69) is 45.9 Å². The SMILES string of the molecule is CCC1=C(CC)C2(C=CC(C(C)(C)O)=CC2)C(CC)=C1CC. The van der Waals surface area contributed by atoms with Gasteiger partial charge in [0.2, 0.25) is 0 Å². The first-order chi connectivity index (χ1) is 10.4. The van der Waals surface area contributed by atoms with Gasteiger partial charge in [-0.3, -0.25) is 0 Å². The zero-order valence-corrected chi connectivity index (χ0v) is 15.2. The van der Waals surface area contributed by atoms with Crippen LogP contribution in [0, 0.1) is 5.41 Å². The standard InChI is InChI=1S/C21H32O/c1-7-16-17(8-2)19(10-4)21(18(16)9-3)13-11-15(12-14-21)20(5,6)22/h11-13,22H,7-10,14H2,1-6H3. The molecule has 2 aliphatic carbocycles. The number of hydrogen-bond acceptors (Lipinski definition) is 1. The minimum Gasteiger partial charge on any atom is -0.386 e. The van der Waals surface area contributed by atoms with E-state index < -0.39 is 5.60 Å². The van der Waals surface area contributed by atoms with Gasteiger partial charge >= 0.3 is 0 Å². The summed E-state index contributed by atoms with van der Waals surface area (Å²) in [6.45, 7) is 12.9. The Labute approximate surface area is 136 Å². The summed E-state index contributed by atoms with van der Waals surface area (Å²) in [4.78, 5) is 0. The zero-order chi connectivity index (χ0) is 16.5. The molecule has 0 radical (unpaired) electrons. The van der Waals surface area contributed by atoms with E-state index in [-0.39, 0.29) is 5.41 Å². The average molecular weight is 300 g/mol. The Morgan fingerprint density at radius 3 is 1.73 bits per heavy atom. The second-order valence-corrected chi connectivity index (χ2v) is 7.06. The van der Waals surface area contributed by atoms with Crippen LogP contribution in [0.5, 0.6) is 0 Å². The van der Waals surface area contributed by atoms with E-state index in [0.717, 1.165) is 37.7 Å². The number of hydrogen-bond donors (Lipinski definition) is 1. The lowest BCUT2D eigenvalue weighted by Crippen LogP contribution is -2.28. The quantitative estimate of drug-likeness (QED) is 0.672. The molecule has 0 aliphatic heterocycles. The van der Waals surface area contributed by atoms with Gasteiger partial charge in [-0.05, 0) is 62.7 Å². The van der Waals surface area contributed by atoms with Crippen LogP contribution in [0.2, 0.25) is 0 Å². The minimum atomic E-state index is -0.746. The second-order valence-electron chi connectivity index (χ2n) is 7.06. The number of allylic oxidation sites excluding steroid dienone is 6. The lowest BCUT2D eigenvalue weighted by molar-refractivity contribution is 0.122. The minimum absolute atomic E-state index is 0.0922. The molecule has 0 saturated carbocycles. The lowest BCUT2D eigenvalue weighted by atomic mass is 9.68. The fourth-order valence-corrected chi connectivity index (χ4v) is 4.54. The monoisotopic (exact) mass is 300 g/mol. The van der Waals surface area contributed by atoms with Gasteiger partial charge in [-0.25, -0.2) is 0 Å². The largest absolute Gasteiger partial charge is 0.386 e. The van der Waals surface area contributed by atoms with Crippen LogP contribution in [0.3, 0.4) is 0 Å². The molecule has 0 aromatic heterocycles. The molecule has 1 spiro atoms. The fraction of sp³-hybridized carbons (Fsp3) is 0.619. The fourth-order valence-electron chi connectivity index (χ4n) is 4.54. The first kappa shape index (κ1) is 17.3. The van der Waals surface area contributed by atoms with E-state index in [4.69, 9.17) is 0 Å². The van der Waals surface area contributed by atoms with Crippen molar-refractivity contribution in [2.24, 2.45) is 5.41 Å². The molecule has 1 N–H and O–H groups in total. The molecule has 2 aliphatic rings. The van der Waals surface area contributed by atoms with Crippen molar-refractivity contribution < 1.29 is 5.11 Å². The summed E-state index contributed by atoms with van der Waals surface area (Å²) in [5.74, 6) is 0. The first-order valence-corrected chi connectivity index (χ1v) is 8.93. The van der Waals surface area contributed by atoms with Gasteiger partial charge in [-0.15, -0.1) is 0 Å². The van der Waals surface area contributed by atoms with Gasteiger partial charge in [-0.1, -0.05) is 57.1 Å². The smallest absolute Gasteiger partial charge is 0.0837 e. The molecule has 1 heteroatoms. The van der Waals surface area contributed by atoms with E-state index >= 15 is 0 Å². The average Bonchev–Trinajstić information content (AvgIpc) is 2.74. The van der Waals surface area contributed by atoms with Gasteiger partial charge in [0.15, 0.2) is 0 Å². The van der Waals surface area contributed by atoms with Crippen LogP contribution in [0.4, 0.5) is 0 Å². The van der Waals surface area contributed by atoms with Crippen LogP contribution in [0.15, 0.2) is 46.1 Å². The summed E-state index contributed by atoms with van der Waals surface area (Å²) < 4.78 is 0.